The minimum absolute atomic E-state index is 0.0473. The maximum atomic E-state index is 13.5. The van der Waals surface area contributed by atoms with E-state index in [0.717, 1.165) is 6.07 Å². The monoisotopic (exact) mass is 257 g/mol. The Kier molecular flexibility index (Phi) is 4.96. The van der Waals surface area contributed by atoms with Crippen LogP contribution in [0.15, 0.2) is 18.2 Å². The molecule has 3 N–H and O–H groups in total. The molecule has 0 aromatic heterocycles. The van der Waals surface area contributed by atoms with Gasteiger partial charge in [0.1, 0.15) is 5.82 Å². The van der Waals surface area contributed by atoms with Crippen LogP contribution < -0.4 is 5.73 Å². The van der Waals surface area contributed by atoms with E-state index in [1.54, 1.807) is 0 Å². The number of rotatable bonds is 6. The number of carbonyl (C=O) groups excluding carboxylic acids is 1. The summed E-state index contributed by atoms with van der Waals surface area (Å²) in [5.41, 5.74) is 5.57. The van der Waals surface area contributed by atoms with Crippen LogP contribution in [-0.4, -0.2) is 22.7 Å². The predicted octanol–water partition coefficient (Wildman–Crippen LogP) is 1.63. The second-order valence-electron chi connectivity index (χ2n) is 3.37. The molecule has 6 heteroatoms. The summed E-state index contributed by atoms with van der Waals surface area (Å²) in [6.07, 6.45) is 0.0473. The Morgan fingerprint density at radius 3 is 2.65 bits per heavy atom. The summed E-state index contributed by atoms with van der Waals surface area (Å²) in [5.74, 6) is -1.25. The van der Waals surface area contributed by atoms with Gasteiger partial charge in [0.2, 0.25) is 5.91 Å². The summed E-state index contributed by atoms with van der Waals surface area (Å²) in [6, 6.07) is 4.04. The van der Waals surface area contributed by atoms with Gasteiger partial charge < -0.3 is 10.8 Å². The Hall–Kier alpha value is -1.56. The Morgan fingerprint density at radius 1 is 1.41 bits per heavy atom. The van der Waals surface area contributed by atoms with Crippen molar-refractivity contribution in [3.63, 3.8) is 0 Å². The highest BCUT2D eigenvalue weighted by Crippen LogP contribution is 2.17. The van der Waals surface area contributed by atoms with Crippen LogP contribution in [0.4, 0.5) is 4.39 Å². The van der Waals surface area contributed by atoms with Gasteiger partial charge in [-0.15, -0.1) is 0 Å². The van der Waals surface area contributed by atoms with Crippen molar-refractivity contribution in [1.82, 2.24) is 0 Å². The highest BCUT2D eigenvalue weighted by atomic mass is 32.2. The number of benzene rings is 1. The number of carboxylic acids is 1. The van der Waals surface area contributed by atoms with E-state index >= 15 is 0 Å². The second kappa shape index (κ2) is 6.24. The zero-order valence-electron chi connectivity index (χ0n) is 8.98. The van der Waals surface area contributed by atoms with Crippen molar-refractivity contribution in [2.24, 2.45) is 5.73 Å². The predicted molar refractivity (Wildman–Crippen MR) is 63.3 cm³/mol. The summed E-state index contributed by atoms with van der Waals surface area (Å²) in [6.45, 7) is 0. The van der Waals surface area contributed by atoms with Gasteiger partial charge in [-0.25, -0.2) is 4.39 Å². The first-order chi connectivity index (χ1) is 8.00. The first-order valence-corrected chi connectivity index (χ1v) is 6.04. The lowest BCUT2D eigenvalue weighted by Gasteiger charge is -2.04. The van der Waals surface area contributed by atoms with Crippen molar-refractivity contribution >= 4 is 23.6 Å². The molecule has 1 rings (SSSR count). The summed E-state index contributed by atoms with van der Waals surface area (Å²) >= 11 is 1.33. The number of amides is 1. The summed E-state index contributed by atoms with van der Waals surface area (Å²) < 4.78 is 13.5. The highest BCUT2D eigenvalue weighted by molar-refractivity contribution is 7.98. The van der Waals surface area contributed by atoms with E-state index in [9.17, 15) is 14.0 Å². The molecule has 0 spiro atoms. The molecule has 0 saturated carbocycles. The van der Waals surface area contributed by atoms with E-state index in [1.165, 1.54) is 23.9 Å². The van der Waals surface area contributed by atoms with Gasteiger partial charge in [-0.3, -0.25) is 9.59 Å². The molecule has 0 bridgehead atoms. The van der Waals surface area contributed by atoms with Crippen molar-refractivity contribution in [2.75, 3.05) is 5.75 Å². The zero-order chi connectivity index (χ0) is 12.8. The van der Waals surface area contributed by atoms with Gasteiger partial charge in [0, 0.05) is 17.1 Å². The van der Waals surface area contributed by atoms with Crippen LogP contribution in [-0.2, 0) is 10.5 Å². The molecule has 0 atom stereocenters. The molecule has 1 aromatic rings. The van der Waals surface area contributed by atoms with Crippen LogP contribution >= 0.6 is 11.8 Å². The van der Waals surface area contributed by atoms with Gasteiger partial charge in [-0.1, -0.05) is 6.07 Å². The molecule has 0 saturated heterocycles. The zero-order valence-corrected chi connectivity index (χ0v) is 9.80. The van der Waals surface area contributed by atoms with Crippen LogP contribution in [0.5, 0.6) is 0 Å². The fraction of sp³-hybridized carbons (Fsp3) is 0.273. The number of aliphatic carboxylic acids is 1. The molecule has 17 heavy (non-hydrogen) atoms. The molecule has 0 aliphatic carbocycles. The molecule has 1 aromatic carbocycles. The van der Waals surface area contributed by atoms with Crippen LogP contribution in [0.25, 0.3) is 0 Å². The molecule has 0 aliphatic heterocycles. The third-order valence-electron chi connectivity index (χ3n) is 2.06. The van der Waals surface area contributed by atoms with E-state index in [0.29, 0.717) is 17.1 Å². The summed E-state index contributed by atoms with van der Waals surface area (Å²) in [5, 5.41) is 8.42. The third kappa shape index (κ3) is 4.44. The molecule has 4 nitrogen and oxygen atoms in total. The fourth-order valence-electron chi connectivity index (χ4n) is 1.16. The smallest absolute Gasteiger partial charge is 0.304 e. The molecule has 0 unspecified atom stereocenters. The number of carbonyl (C=O) groups is 2. The minimum atomic E-state index is -0.873. The highest BCUT2D eigenvalue weighted by Gasteiger charge is 2.07. The number of thioether (sulfide) groups is 1. The molecule has 0 fully saturated rings. The Labute approximate surface area is 102 Å². The average molecular weight is 257 g/mol. The number of hydrogen-bond donors (Lipinski definition) is 2. The normalized spacial score (nSPS) is 10.2. The van der Waals surface area contributed by atoms with E-state index in [-0.39, 0.29) is 12.0 Å². The number of hydrogen-bond acceptors (Lipinski definition) is 3. The van der Waals surface area contributed by atoms with Crippen molar-refractivity contribution in [3.05, 3.63) is 35.1 Å². The Balaban J connectivity index is 2.54. The van der Waals surface area contributed by atoms with E-state index in [1.807, 2.05) is 0 Å². The molecular weight excluding hydrogens is 245 g/mol. The Morgan fingerprint density at radius 2 is 2.12 bits per heavy atom. The largest absolute Gasteiger partial charge is 0.481 e. The summed E-state index contributed by atoms with van der Waals surface area (Å²) in [7, 11) is 0. The number of halogens is 1. The third-order valence-corrected chi connectivity index (χ3v) is 3.06. The molecular formula is C11H12FNO3S. The Bertz CT molecular complexity index is 437. The molecule has 92 valence electrons. The van der Waals surface area contributed by atoms with Crippen LogP contribution in [0, 0.1) is 5.82 Å². The second-order valence-corrected chi connectivity index (χ2v) is 4.47. The van der Waals surface area contributed by atoms with Gasteiger partial charge in [0.25, 0.3) is 0 Å². The first kappa shape index (κ1) is 13.5. The van der Waals surface area contributed by atoms with Crippen molar-refractivity contribution in [2.45, 2.75) is 12.2 Å². The van der Waals surface area contributed by atoms with E-state index < -0.39 is 17.7 Å². The van der Waals surface area contributed by atoms with E-state index in [2.05, 4.69) is 0 Å². The summed E-state index contributed by atoms with van der Waals surface area (Å²) in [4.78, 5) is 21.0. The van der Waals surface area contributed by atoms with Crippen molar-refractivity contribution in [1.29, 1.82) is 0 Å². The van der Waals surface area contributed by atoms with Gasteiger partial charge in [-0.05, 0) is 17.7 Å². The van der Waals surface area contributed by atoms with E-state index in [4.69, 9.17) is 10.8 Å². The van der Waals surface area contributed by atoms with Gasteiger partial charge in [0.15, 0.2) is 0 Å². The maximum Gasteiger partial charge on any atom is 0.304 e. The maximum absolute atomic E-state index is 13.5. The topological polar surface area (TPSA) is 80.4 Å². The fourth-order valence-corrected chi connectivity index (χ4v) is 2.08. The van der Waals surface area contributed by atoms with Crippen LogP contribution in [0.3, 0.4) is 0 Å². The number of carboxylic acid groups (broad SMARTS) is 1. The lowest BCUT2D eigenvalue weighted by molar-refractivity contribution is -0.136. The minimum Gasteiger partial charge on any atom is -0.481 e. The van der Waals surface area contributed by atoms with Crippen LogP contribution in [0.1, 0.15) is 22.3 Å². The molecule has 0 radical (unpaired) electrons. The van der Waals surface area contributed by atoms with Crippen LogP contribution in [0.2, 0.25) is 0 Å². The SMILES string of the molecule is NC(=O)c1ccc(CSCCC(=O)O)c(F)c1. The molecule has 0 heterocycles. The lowest BCUT2D eigenvalue weighted by Crippen LogP contribution is -2.11. The number of nitrogens with two attached hydrogens (primary N) is 1. The number of primary amides is 1. The first-order valence-electron chi connectivity index (χ1n) is 4.88. The van der Waals surface area contributed by atoms with Gasteiger partial charge >= 0.3 is 5.97 Å². The van der Waals surface area contributed by atoms with Gasteiger partial charge in [0.05, 0.1) is 6.42 Å². The quantitative estimate of drug-likeness (QED) is 0.759. The van der Waals surface area contributed by atoms with Crippen molar-refractivity contribution in [3.8, 4) is 0 Å². The molecule has 0 aliphatic rings. The standard InChI is InChI=1S/C11H12FNO3S/c12-9-5-7(11(13)16)1-2-8(9)6-17-4-3-10(14)15/h1-2,5H,3-4,6H2,(H2,13,16)(H,14,15). The average Bonchev–Trinajstić information content (AvgIpc) is 2.25. The lowest BCUT2D eigenvalue weighted by atomic mass is 10.1. The molecule has 1 amide bonds. The van der Waals surface area contributed by atoms with Crippen molar-refractivity contribution < 1.29 is 19.1 Å². The van der Waals surface area contributed by atoms with Gasteiger partial charge in [-0.2, -0.15) is 11.8 Å².